The van der Waals surface area contributed by atoms with Crippen LogP contribution in [-0.4, -0.2) is 88.8 Å². The number of aliphatic hydroxyl groups excluding tert-OH is 5. The minimum atomic E-state index is -1.59. The molecule has 10 nitrogen and oxygen atoms in total. The summed E-state index contributed by atoms with van der Waals surface area (Å²) in [5.41, 5.74) is 0.903. The molecule has 8 atom stereocenters. The molecule has 2 aliphatic heterocycles. The minimum absolute atomic E-state index is 0.270. The third-order valence-electron chi connectivity index (χ3n) is 5.24. The Hall–Kier alpha value is -1.53. The molecule has 0 bridgehead atoms. The summed E-state index contributed by atoms with van der Waals surface area (Å²) in [6.07, 6.45) is -4.73. The molecule has 3 rings (SSSR count). The summed E-state index contributed by atoms with van der Waals surface area (Å²) in [4.78, 5) is 12.0. The molecule has 0 aromatic carbocycles. The van der Waals surface area contributed by atoms with Gasteiger partial charge in [-0.3, -0.25) is 0 Å². The van der Waals surface area contributed by atoms with Crippen molar-refractivity contribution in [2.75, 3.05) is 20.3 Å². The quantitative estimate of drug-likeness (QED) is 0.258. The summed E-state index contributed by atoms with van der Waals surface area (Å²) in [6.45, 7) is -0.857. The normalized spacial score (nSPS) is 41.3. The van der Waals surface area contributed by atoms with Crippen molar-refractivity contribution < 1.29 is 49.3 Å². The predicted octanol–water partition coefficient (Wildman–Crippen LogP) is -2.23. The minimum Gasteiger partial charge on any atom is -0.471 e. The zero-order chi connectivity index (χ0) is 19.7. The number of carbonyl (C=O) groups is 1. The van der Waals surface area contributed by atoms with Gasteiger partial charge in [0.2, 0.25) is 6.29 Å². The fraction of sp³-hybridized carbons (Fsp3) is 0.706. The van der Waals surface area contributed by atoms with E-state index in [0.717, 1.165) is 0 Å². The highest BCUT2D eigenvalue weighted by atomic mass is 16.8. The maximum atomic E-state index is 12.0. The van der Waals surface area contributed by atoms with Gasteiger partial charge >= 0.3 is 5.97 Å². The fourth-order valence-electron chi connectivity index (χ4n) is 3.73. The molecule has 0 aromatic rings. The van der Waals surface area contributed by atoms with E-state index in [4.69, 9.17) is 18.9 Å². The van der Waals surface area contributed by atoms with Crippen LogP contribution >= 0.6 is 0 Å². The van der Waals surface area contributed by atoms with E-state index in [0.29, 0.717) is 17.6 Å². The van der Waals surface area contributed by atoms with E-state index in [1.54, 1.807) is 6.08 Å². The molecule has 152 valence electrons. The molecular weight excluding hydrogens is 364 g/mol. The van der Waals surface area contributed by atoms with Gasteiger partial charge in [-0.25, -0.2) is 4.79 Å². The zero-order valence-corrected chi connectivity index (χ0v) is 14.7. The van der Waals surface area contributed by atoms with Crippen molar-refractivity contribution in [2.45, 2.75) is 43.4 Å². The molecule has 0 aromatic heterocycles. The number of methoxy groups -OCH3 is 1. The molecule has 1 aliphatic carbocycles. The van der Waals surface area contributed by atoms with Crippen LogP contribution in [0.15, 0.2) is 23.5 Å². The number of hydrogen-bond acceptors (Lipinski definition) is 10. The van der Waals surface area contributed by atoms with Crippen molar-refractivity contribution in [3.05, 3.63) is 23.5 Å². The zero-order valence-electron chi connectivity index (χ0n) is 14.7. The van der Waals surface area contributed by atoms with Crippen molar-refractivity contribution >= 4 is 5.97 Å². The molecule has 27 heavy (non-hydrogen) atoms. The Balaban J connectivity index is 1.80. The third-order valence-corrected chi connectivity index (χ3v) is 5.24. The van der Waals surface area contributed by atoms with Gasteiger partial charge in [0.25, 0.3) is 0 Å². The number of fused-ring (bicyclic) bond motifs is 1. The van der Waals surface area contributed by atoms with Crippen LogP contribution in [0.2, 0.25) is 0 Å². The van der Waals surface area contributed by atoms with Gasteiger partial charge in [-0.1, -0.05) is 6.08 Å². The Morgan fingerprint density at radius 2 is 1.93 bits per heavy atom. The van der Waals surface area contributed by atoms with Crippen LogP contribution in [0.5, 0.6) is 0 Å². The van der Waals surface area contributed by atoms with Crippen LogP contribution in [0.4, 0.5) is 0 Å². The Morgan fingerprint density at radius 1 is 1.19 bits per heavy atom. The number of allylic oxidation sites excluding steroid dienone is 1. The number of esters is 1. The van der Waals surface area contributed by atoms with Gasteiger partial charge in [0.05, 0.1) is 38.1 Å². The summed E-state index contributed by atoms with van der Waals surface area (Å²) in [5.74, 6) is -1.42. The molecule has 0 radical (unpaired) electrons. The summed E-state index contributed by atoms with van der Waals surface area (Å²) in [6, 6.07) is 0. The molecule has 5 N–H and O–H groups in total. The molecule has 3 aliphatic rings. The topological polar surface area (TPSA) is 155 Å². The van der Waals surface area contributed by atoms with Crippen LogP contribution in [0.1, 0.15) is 6.42 Å². The highest BCUT2D eigenvalue weighted by Gasteiger charge is 2.49. The Bertz CT molecular complexity index is 615. The summed E-state index contributed by atoms with van der Waals surface area (Å²) in [5, 5.41) is 48.8. The molecule has 1 saturated heterocycles. The van der Waals surface area contributed by atoms with Crippen molar-refractivity contribution in [1.29, 1.82) is 0 Å². The Morgan fingerprint density at radius 3 is 2.56 bits per heavy atom. The maximum absolute atomic E-state index is 12.0. The van der Waals surface area contributed by atoms with Gasteiger partial charge in [-0.05, 0) is 12.0 Å². The molecule has 10 heteroatoms. The summed E-state index contributed by atoms with van der Waals surface area (Å²) < 4.78 is 21.3. The van der Waals surface area contributed by atoms with Gasteiger partial charge in [0.15, 0.2) is 6.29 Å². The lowest BCUT2D eigenvalue weighted by atomic mass is 9.83. The monoisotopic (exact) mass is 388 g/mol. The van der Waals surface area contributed by atoms with E-state index in [9.17, 15) is 30.3 Å². The number of ether oxygens (including phenoxy) is 4. The van der Waals surface area contributed by atoms with Crippen LogP contribution in [0.25, 0.3) is 0 Å². The second-order valence-electron chi connectivity index (χ2n) is 6.71. The van der Waals surface area contributed by atoms with E-state index >= 15 is 0 Å². The largest absolute Gasteiger partial charge is 0.471 e. The van der Waals surface area contributed by atoms with Crippen LogP contribution < -0.4 is 0 Å². The molecule has 0 saturated carbocycles. The van der Waals surface area contributed by atoms with Crippen molar-refractivity contribution in [3.8, 4) is 0 Å². The van der Waals surface area contributed by atoms with Gasteiger partial charge in [0.1, 0.15) is 24.4 Å². The first kappa shape index (κ1) is 20.2. The van der Waals surface area contributed by atoms with Gasteiger partial charge in [0, 0.05) is 5.92 Å². The molecule has 0 amide bonds. The van der Waals surface area contributed by atoms with Gasteiger partial charge in [-0.2, -0.15) is 0 Å². The lowest BCUT2D eigenvalue weighted by molar-refractivity contribution is -0.339. The number of carbonyl (C=O) groups excluding carboxylic acids is 1. The molecule has 0 spiro atoms. The highest BCUT2D eigenvalue weighted by Crippen LogP contribution is 2.44. The van der Waals surface area contributed by atoms with E-state index in [2.05, 4.69) is 0 Å². The fourth-order valence-corrected chi connectivity index (χ4v) is 3.73. The lowest BCUT2D eigenvalue weighted by Gasteiger charge is -2.42. The number of rotatable bonds is 5. The average Bonchev–Trinajstić information content (AvgIpc) is 3.12. The standard InChI is InChI=1S/C17H24O10/c1-24-15(23)9-6-25-16(11-7(4-18)2-3-8(9)11)27-17-14(22)13(21)12(20)10(5-19)26-17/h2,6,8,10-14,16-22H,3-5H2,1H3/t8-,10-,11-,12+,13-,14-,16+,17+/m1/s1. The van der Waals surface area contributed by atoms with E-state index in [1.807, 2.05) is 0 Å². The second-order valence-corrected chi connectivity index (χ2v) is 6.71. The first-order valence-corrected chi connectivity index (χ1v) is 8.62. The Labute approximate surface area is 155 Å². The van der Waals surface area contributed by atoms with Crippen molar-refractivity contribution in [2.24, 2.45) is 11.8 Å². The first-order valence-electron chi connectivity index (χ1n) is 8.62. The second kappa shape index (κ2) is 8.23. The van der Waals surface area contributed by atoms with Gasteiger partial charge in [-0.15, -0.1) is 0 Å². The van der Waals surface area contributed by atoms with Crippen LogP contribution in [-0.2, 0) is 23.7 Å². The highest BCUT2D eigenvalue weighted by molar-refractivity contribution is 5.89. The third kappa shape index (κ3) is 3.61. The Kier molecular flexibility index (Phi) is 6.16. The van der Waals surface area contributed by atoms with Gasteiger partial charge < -0.3 is 44.5 Å². The SMILES string of the molecule is COC(=O)C1=CO[C@@H](O[C@@H]2O[C@H](CO)[C@H](O)[C@@H](O)[C@H]2O)[C@@H]2C(CO)=CC[C@H]12. The molecular formula is C17H24O10. The van der Waals surface area contributed by atoms with Crippen molar-refractivity contribution in [1.82, 2.24) is 0 Å². The summed E-state index contributed by atoms with van der Waals surface area (Å²) >= 11 is 0. The number of hydrogen-bond donors (Lipinski definition) is 5. The average molecular weight is 388 g/mol. The molecule has 0 unspecified atom stereocenters. The van der Waals surface area contributed by atoms with Crippen LogP contribution in [0.3, 0.4) is 0 Å². The predicted molar refractivity (Wildman–Crippen MR) is 86.6 cm³/mol. The molecule has 1 fully saturated rings. The van der Waals surface area contributed by atoms with Crippen LogP contribution in [0, 0.1) is 11.8 Å². The van der Waals surface area contributed by atoms with E-state index in [1.165, 1.54) is 13.4 Å². The number of aliphatic hydroxyl groups is 5. The van der Waals surface area contributed by atoms with E-state index in [-0.39, 0.29) is 12.5 Å². The maximum Gasteiger partial charge on any atom is 0.337 e. The van der Waals surface area contributed by atoms with Crippen molar-refractivity contribution in [3.63, 3.8) is 0 Å². The molecule has 2 heterocycles. The lowest BCUT2D eigenvalue weighted by Crippen LogP contribution is -2.60. The summed E-state index contributed by atoms with van der Waals surface area (Å²) in [7, 11) is 1.25. The first-order chi connectivity index (χ1) is 12.9. The smallest absolute Gasteiger partial charge is 0.337 e. The van der Waals surface area contributed by atoms with E-state index < -0.39 is 55.5 Å².